The molecule has 0 aliphatic heterocycles. The van der Waals surface area contributed by atoms with Crippen LogP contribution in [0.25, 0.3) is 0 Å². The highest BCUT2D eigenvalue weighted by atomic mass is 16.5. The van der Waals surface area contributed by atoms with Crippen LogP contribution in [0.4, 0.5) is 11.6 Å². The van der Waals surface area contributed by atoms with E-state index in [1.165, 1.54) is 19.3 Å². The van der Waals surface area contributed by atoms with Gasteiger partial charge in [-0.2, -0.15) is 0 Å². The van der Waals surface area contributed by atoms with E-state index in [9.17, 15) is 0 Å². The fourth-order valence-electron chi connectivity index (χ4n) is 2.19. The van der Waals surface area contributed by atoms with Crippen LogP contribution in [-0.2, 0) is 0 Å². The standard InChI is InChI=1S/C15H28N4O/c1-6-8-9-10-19(12(3)4)15-13(20-5)14(16-7-2)17-11-18-15/h11-12H,6-10H2,1-5H3,(H,16,17,18). The summed E-state index contributed by atoms with van der Waals surface area (Å²) < 4.78 is 5.54. The summed E-state index contributed by atoms with van der Waals surface area (Å²) in [5.74, 6) is 2.38. The minimum atomic E-state index is 0.380. The van der Waals surface area contributed by atoms with Gasteiger partial charge >= 0.3 is 0 Å². The molecule has 0 atom stereocenters. The van der Waals surface area contributed by atoms with Gasteiger partial charge in [0, 0.05) is 19.1 Å². The van der Waals surface area contributed by atoms with Crippen molar-refractivity contribution in [3.05, 3.63) is 6.33 Å². The van der Waals surface area contributed by atoms with Crippen LogP contribution < -0.4 is 15.0 Å². The molecule has 0 fully saturated rings. The molecule has 0 unspecified atom stereocenters. The van der Waals surface area contributed by atoms with Crippen LogP contribution in [0.1, 0.15) is 47.0 Å². The third-order valence-corrected chi connectivity index (χ3v) is 3.23. The highest BCUT2D eigenvalue weighted by Gasteiger charge is 2.19. The maximum Gasteiger partial charge on any atom is 0.204 e. The van der Waals surface area contributed by atoms with Gasteiger partial charge in [0.2, 0.25) is 5.75 Å². The van der Waals surface area contributed by atoms with Crippen molar-refractivity contribution in [3.63, 3.8) is 0 Å². The molecule has 0 amide bonds. The van der Waals surface area contributed by atoms with Gasteiger partial charge in [0.15, 0.2) is 11.6 Å². The third-order valence-electron chi connectivity index (χ3n) is 3.23. The molecule has 0 saturated heterocycles. The molecule has 0 aliphatic carbocycles. The summed E-state index contributed by atoms with van der Waals surface area (Å²) in [7, 11) is 1.67. The average molecular weight is 280 g/mol. The summed E-state index contributed by atoms with van der Waals surface area (Å²) in [6.07, 6.45) is 5.22. The molecule has 1 aromatic rings. The number of unbranched alkanes of at least 4 members (excludes halogenated alkanes) is 2. The summed E-state index contributed by atoms with van der Waals surface area (Å²) >= 11 is 0. The van der Waals surface area contributed by atoms with Crippen LogP contribution in [0.3, 0.4) is 0 Å². The lowest BCUT2D eigenvalue weighted by Crippen LogP contribution is -2.33. The summed E-state index contributed by atoms with van der Waals surface area (Å²) in [6, 6.07) is 0.380. The summed E-state index contributed by atoms with van der Waals surface area (Å²) in [4.78, 5) is 11.0. The first kappa shape index (κ1) is 16.5. The van der Waals surface area contributed by atoms with Crippen LogP contribution in [0.5, 0.6) is 5.75 Å². The Bertz CT molecular complexity index is 395. The molecule has 5 nitrogen and oxygen atoms in total. The number of anilines is 2. The van der Waals surface area contributed by atoms with Crippen LogP contribution >= 0.6 is 0 Å². The monoisotopic (exact) mass is 280 g/mol. The van der Waals surface area contributed by atoms with E-state index in [1.54, 1.807) is 13.4 Å². The molecular formula is C15H28N4O. The Morgan fingerprint density at radius 2 is 2.00 bits per heavy atom. The average Bonchev–Trinajstić information content (AvgIpc) is 2.43. The first-order valence-corrected chi connectivity index (χ1v) is 7.55. The molecule has 0 spiro atoms. The molecule has 0 radical (unpaired) electrons. The van der Waals surface area contributed by atoms with E-state index in [4.69, 9.17) is 4.74 Å². The quantitative estimate of drug-likeness (QED) is 0.703. The fourth-order valence-corrected chi connectivity index (χ4v) is 2.19. The minimum absolute atomic E-state index is 0.380. The van der Waals surface area contributed by atoms with E-state index in [0.717, 1.165) is 30.5 Å². The number of nitrogens with zero attached hydrogens (tertiary/aromatic N) is 3. The number of nitrogens with one attached hydrogen (secondary N) is 1. The second-order valence-electron chi connectivity index (χ2n) is 5.10. The predicted molar refractivity (Wildman–Crippen MR) is 84.8 cm³/mol. The Kier molecular flexibility index (Phi) is 7.12. The van der Waals surface area contributed by atoms with Crippen molar-refractivity contribution in [2.24, 2.45) is 0 Å². The zero-order chi connectivity index (χ0) is 15.0. The molecule has 5 heteroatoms. The number of aromatic nitrogens is 2. The SMILES string of the molecule is CCCCCN(c1ncnc(NCC)c1OC)C(C)C. The van der Waals surface area contributed by atoms with E-state index >= 15 is 0 Å². The van der Waals surface area contributed by atoms with Crippen molar-refractivity contribution in [1.29, 1.82) is 0 Å². The van der Waals surface area contributed by atoms with Gasteiger partial charge in [-0.25, -0.2) is 9.97 Å². The van der Waals surface area contributed by atoms with E-state index in [0.29, 0.717) is 6.04 Å². The smallest absolute Gasteiger partial charge is 0.204 e. The number of methoxy groups -OCH3 is 1. The fraction of sp³-hybridized carbons (Fsp3) is 0.733. The zero-order valence-electron chi connectivity index (χ0n) is 13.4. The minimum Gasteiger partial charge on any atom is -0.490 e. The number of hydrogen-bond acceptors (Lipinski definition) is 5. The highest BCUT2D eigenvalue weighted by Crippen LogP contribution is 2.33. The van der Waals surface area contributed by atoms with Crippen molar-refractivity contribution in [2.45, 2.75) is 53.0 Å². The second-order valence-corrected chi connectivity index (χ2v) is 5.10. The van der Waals surface area contributed by atoms with Crippen LogP contribution in [-0.4, -0.2) is 36.2 Å². The van der Waals surface area contributed by atoms with Gasteiger partial charge in [-0.15, -0.1) is 0 Å². The Morgan fingerprint density at radius 1 is 1.25 bits per heavy atom. The van der Waals surface area contributed by atoms with E-state index in [2.05, 4.69) is 41.0 Å². The maximum absolute atomic E-state index is 5.54. The number of ether oxygens (including phenoxy) is 1. The van der Waals surface area contributed by atoms with Gasteiger partial charge in [-0.3, -0.25) is 0 Å². The van der Waals surface area contributed by atoms with Gasteiger partial charge in [0.1, 0.15) is 6.33 Å². The van der Waals surface area contributed by atoms with Crippen LogP contribution in [0.15, 0.2) is 6.33 Å². The predicted octanol–water partition coefficient (Wildman–Crippen LogP) is 3.32. The van der Waals surface area contributed by atoms with E-state index in [1.807, 2.05) is 6.92 Å². The van der Waals surface area contributed by atoms with Gasteiger partial charge < -0.3 is 15.0 Å². The van der Waals surface area contributed by atoms with E-state index < -0.39 is 0 Å². The molecular weight excluding hydrogens is 252 g/mol. The molecule has 1 rings (SSSR count). The Hall–Kier alpha value is -1.52. The molecule has 0 bridgehead atoms. The lowest BCUT2D eigenvalue weighted by Gasteiger charge is -2.29. The summed E-state index contributed by atoms with van der Waals surface area (Å²) in [5.41, 5.74) is 0. The molecule has 114 valence electrons. The van der Waals surface area contributed by atoms with Crippen molar-refractivity contribution in [2.75, 3.05) is 30.4 Å². The highest BCUT2D eigenvalue weighted by molar-refractivity contribution is 5.65. The lowest BCUT2D eigenvalue weighted by atomic mass is 10.2. The molecule has 0 saturated carbocycles. The van der Waals surface area contributed by atoms with Crippen LogP contribution in [0.2, 0.25) is 0 Å². The van der Waals surface area contributed by atoms with Gasteiger partial charge in [0.05, 0.1) is 7.11 Å². The molecule has 1 aromatic heterocycles. The van der Waals surface area contributed by atoms with Gasteiger partial charge in [-0.1, -0.05) is 19.8 Å². The van der Waals surface area contributed by atoms with Gasteiger partial charge in [-0.05, 0) is 27.2 Å². The second kappa shape index (κ2) is 8.61. The molecule has 0 aromatic carbocycles. The number of rotatable bonds is 9. The van der Waals surface area contributed by atoms with Crippen molar-refractivity contribution >= 4 is 11.6 Å². The normalized spacial score (nSPS) is 10.7. The van der Waals surface area contributed by atoms with Crippen molar-refractivity contribution in [3.8, 4) is 5.75 Å². The Labute approximate surface area is 122 Å². The largest absolute Gasteiger partial charge is 0.490 e. The lowest BCUT2D eigenvalue weighted by molar-refractivity contribution is 0.410. The summed E-state index contributed by atoms with van der Waals surface area (Å²) in [6.45, 7) is 10.4. The van der Waals surface area contributed by atoms with Crippen molar-refractivity contribution in [1.82, 2.24) is 9.97 Å². The van der Waals surface area contributed by atoms with E-state index in [-0.39, 0.29) is 0 Å². The molecule has 1 heterocycles. The summed E-state index contributed by atoms with van der Waals surface area (Å²) in [5, 5.41) is 3.23. The number of hydrogen-bond donors (Lipinski definition) is 1. The maximum atomic E-state index is 5.54. The first-order chi connectivity index (χ1) is 9.65. The van der Waals surface area contributed by atoms with Crippen molar-refractivity contribution < 1.29 is 4.74 Å². The zero-order valence-corrected chi connectivity index (χ0v) is 13.4. The topological polar surface area (TPSA) is 50.3 Å². The first-order valence-electron chi connectivity index (χ1n) is 7.55. The molecule has 20 heavy (non-hydrogen) atoms. The van der Waals surface area contributed by atoms with Gasteiger partial charge in [0.25, 0.3) is 0 Å². The molecule has 1 N–H and O–H groups in total. The molecule has 0 aliphatic rings. The Balaban J connectivity index is 3.02. The Morgan fingerprint density at radius 3 is 2.55 bits per heavy atom. The third kappa shape index (κ3) is 4.25. The van der Waals surface area contributed by atoms with Crippen LogP contribution in [0, 0.1) is 0 Å².